The molecule has 1 unspecified atom stereocenters. The van der Waals surface area contributed by atoms with Crippen LogP contribution in [0.3, 0.4) is 0 Å². The fourth-order valence-electron chi connectivity index (χ4n) is 1.59. The second-order valence-corrected chi connectivity index (χ2v) is 3.99. The van der Waals surface area contributed by atoms with Crippen molar-refractivity contribution in [1.82, 2.24) is 0 Å². The second kappa shape index (κ2) is 5.14. The van der Waals surface area contributed by atoms with Crippen molar-refractivity contribution >= 4 is 0 Å². The number of hydrogen-bond donors (Lipinski definition) is 2. The quantitative estimate of drug-likeness (QED) is 0.776. The summed E-state index contributed by atoms with van der Waals surface area (Å²) in [6.45, 7) is 2.60. The summed E-state index contributed by atoms with van der Waals surface area (Å²) in [4.78, 5) is 0. The largest absolute Gasteiger partial charge is 0.508 e. The van der Waals surface area contributed by atoms with Gasteiger partial charge in [-0.2, -0.15) is 0 Å². The lowest BCUT2D eigenvalue weighted by atomic mass is 9.90. The Morgan fingerprint density at radius 2 is 1.93 bits per heavy atom. The zero-order valence-electron chi connectivity index (χ0n) is 9.36. The number of phenols is 1. The van der Waals surface area contributed by atoms with Crippen LogP contribution in [-0.2, 0) is 11.2 Å². The van der Waals surface area contributed by atoms with Gasteiger partial charge in [0.25, 0.3) is 0 Å². The van der Waals surface area contributed by atoms with Crippen LogP contribution in [0.2, 0.25) is 0 Å². The Labute approximate surface area is 90.9 Å². The van der Waals surface area contributed by atoms with Gasteiger partial charge in [0.2, 0.25) is 0 Å². The van der Waals surface area contributed by atoms with Crippen molar-refractivity contribution in [3.8, 4) is 5.75 Å². The predicted molar refractivity (Wildman–Crippen MR) is 60.9 cm³/mol. The number of aromatic hydroxyl groups is 1. The van der Waals surface area contributed by atoms with Crippen molar-refractivity contribution < 1.29 is 9.84 Å². The molecule has 0 aliphatic carbocycles. The first-order valence-corrected chi connectivity index (χ1v) is 5.15. The summed E-state index contributed by atoms with van der Waals surface area (Å²) in [7, 11) is 1.66. The van der Waals surface area contributed by atoms with Gasteiger partial charge in [0, 0.05) is 12.6 Å². The van der Waals surface area contributed by atoms with Crippen molar-refractivity contribution in [2.45, 2.75) is 25.3 Å². The molecule has 1 aromatic carbocycles. The van der Waals surface area contributed by atoms with Crippen molar-refractivity contribution in [3.63, 3.8) is 0 Å². The van der Waals surface area contributed by atoms with Gasteiger partial charge in [0.05, 0.1) is 6.61 Å². The van der Waals surface area contributed by atoms with Crippen LogP contribution in [0.5, 0.6) is 5.75 Å². The van der Waals surface area contributed by atoms with E-state index in [2.05, 4.69) is 6.92 Å². The summed E-state index contributed by atoms with van der Waals surface area (Å²) in [6, 6.07) is 7.14. The number of ether oxygens (including phenoxy) is 1. The Balaban J connectivity index is 2.70. The van der Waals surface area contributed by atoms with E-state index in [1.165, 1.54) is 0 Å². The molecule has 0 heterocycles. The first-order chi connectivity index (χ1) is 7.09. The van der Waals surface area contributed by atoms with Crippen molar-refractivity contribution in [2.24, 2.45) is 5.73 Å². The fourth-order valence-corrected chi connectivity index (χ4v) is 1.59. The van der Waals surface area contributed by atoms with E-state index in [-0.39, 0.29) is 11.3 Å². The van der Waals surface area contributed by atoms with Crippen LogP contribution in [0.25, 0.3) is 0 Å². The van der Waals surface area contributed by atoms with E-state index in [1.54, 1.807) is 19.2 Å². The van der Waals surface area contributed by atoms with Crippen LogP contribution >= 0.6 is 0 Å². The number of methoxy groups -OCH3 is 1. The molecule has 0 radical (unpaired) electrons. The highest BCUT2D eigenvalue weighted by Crippen LogP contribution is 2.17. The van der Waals surface area contributed by atoms with E-state index >= 15 is 0 Å². The summed E-state index contributed by atoms with van der Waals surface area (Å²) in [5.41, 5.74) is 7.00. The van der Waals surface area contributed by atoms with Crippen LogP contribution in [0.1, 0.15) is 18.9 Å². The Hall–Kier alpha value is -1.06. The topological polar surface area (TPSA) is 55.5 Å². The molecule has 3 nitrogen and oxygen atoms in total. The van der Waals surface area contributed by atoms with Crippen molar-refractivity contribution in [3.05, 3.63) is 29.8 Å². The van der Waals surface area contributed by atoms with Crippen LogP contribution < -0.4 is 5.73 Å². The first kappa shape index (κ1) is 12.0. The molecule has 0 bridgehead atoms. The van der Waals surface area contributed by atoms with E-state index in [1.807, 2.05) is 12.1 Å². The molecule has 0 saturated heterocycles. The molecular formula is C12H19NO2. The predicted octanol–water partition coefficient (Wildman–Crippen LogP) is 1.69. The molecule has 0 saturated carbocycles. The molecule has 1 atom stereocenters. The molecule has 3 heteroatoms. The summed E-state index contributed by atoms with van der Waals surface area (Å²) < 4.78 is 5.12. The van der Waals surface area contributed by atoms with Gasteiger partial charge in [0.1, 0.15) is 5.75 Å². The van der Waals surface area contributed by atoms with E-state index < -0.39 is 0 Å². The summed E-state index contributed by atoms with van der Waals surface area (Å²) in [5.74, 6) is 0.282. The second-order valence-electron chi connectivity index (χ2n) is 3.99. The van der Waals surface area contributed by atoms with Crippen molar-refractivity contribution in [2.75, 3.05) is 13.7 Å². The van der Waals surface area contributed by atoms with E-state index in [0.717, 1.165) is 18.4 Å². The molecule has 0 amide bonds. The van der Waals surface area contributed by atoms with Gasteiger partial charge in [-0.15, -0.1) is 0 Å². The molecule has 15 heavy (non-hydrogen) atoms. The minimum absolute atomic E-state index is 0.282. The number of hydrogen-bond acceptors (Lipinski definition) is 3. The SMILES string of the molecule is CCC(N)(COC)Cc1ccc(O)cc1. The smallest absolute Gasteiger partial charge is 0.115 e. The molecule has 0 aliphatic rings. The third-order valence-electron chi connectivity index (χ3n) is 2.63. The molecule has 0 spiro atoms. The highest BCUT2D eigenvalue weighted by atomic mass is 16.5. The maximum absolute atomic E-state index is 9.16. The van der Waals surface area contributed by atoms with Gasteiger partial charge < -0.3 is 15.6 Å². The van der Waals surface area contributed by atoms with Crippen LogP contribution in [0.4, 0.5) is 0 Å². The van der Waals surface area contributed by atoms with Crippen molar-refractivity contribution in [1.29, 1.82) is 0 Å². The number of phenolic OH excluding ortho intramolecular Hbond substituents is 1. The lowest BCUT2D eigenvalue weighted by Gasteiger charge is -2.27. The third-order valence-corrected chi connectivity index (χ3v) is 2.63. The summed E-state index contributed by atoms with van der Waals surface area (Å²) in [5, 5.41) is 9.16. The van der Waals surface area contributed by atoms with Gasteiger partial charge in [-0.05, 0) is 30.5 Å². The van der Waals surface area contributed by atoms with E-state index in [4.69, 9.17) is 15.6 Å². The first-order valence-electron chi connectivity index (χ1n) is 5.15. The number of benzene rings is 1. The van der Waals surface area contributed by atoms with E-state index in [0.29, 0.717) is 6.61 Å². The maximum Gasteiger partial charge on any atom is 0.115 e. The van der Waals surface area contributed by atoms with Crippen LogP contribution in [0.15, 0.2) is 24.3 Å². The lowest BCUT2D eigenvalue weighted by Crippen LogP contribution is -2.45. The van der Waals surface area contributed by atoms with E-state index in [9.17, 15) is 0 Å². The van der Waals surface area contributed by atoms with Crippen LogP contribution in [0, 0.1) is 0 Å². The maximum atomic E-state index is 9.16. The molecule has 0 fully saturated rings. The van der Waals surface area contributed by atoms with Crippen LogP contribution in [-0.4, -0.2) is 24.4 Å². The average molecular weight is 209 g/mol. The Morgan fingerprint density at radius 3 is 2.40 bits per heavy atom. The van der Waals surface area contributed by atoms with Gasteiger partial charge in [-0.25, -0.2) is 0 Å². The summed E-state index contributed by atoms with van der Waals surface area (Å²) >= 11 is 0. The normalized spacial score (nSPS) is 14.9. The monoisotopic (exact) mass is 209 g/mol. The molecule has 0 aromatic heterocycles. The molecule has 1 aromatic rings. The fraction of sp³-hybridized carbons (Fsp3) is 0.500. The highest BCUT2D eigenvalue weighted by Gasteiger charge is 2.22. The zero-order chi connectivity index (χ0) is 11.3. The Bertz CT molecular complexity index is 297. The minimum Gasteiger partial charge on any atom is -0.508 e. The number of nitrogens with two attached hydrogens (primary N) is 1. The number of rotatable bonds is 5. The Kier molecular flexibility index (Phi) is 4.12. The molecule has 3 N–H and O–H groups in total. The lowest BCUT2D eigenvalue weighted by molar-refractivity contribution is 0.129. The Morgan fingerprint density at radius 1 is 1.33 bits per heavy atom. The summed E-state index contributed by atoms with van der Waals surface area (Å²) in [6.07, 6.45) is 1.62. The molecule has 84 valence electrons. The molecule has 0 aliphatic heterocycles. The van der Waals surface area contributed by atoms with Gasteiger partial charge >= 0.3 is 0 Å². The molecule has 1 rings (SSSR count). The zero-order valence-corrected chi connectivity index (χ0v) is 9.36. The van der Waals surface area contributed by atoms with Gasteiger partial charge in [0.15, 0.2) is 0 Å². The van der Waals surface area contributed by atoms with Gasteiger partial charge in [-0.3, -0.25) is 0 Å². The highest BCUT2D eigenvalue weighted by molar-refractivity contribution is 5.27. The third kappa shape index (κ3) is 3.53. The minimum atomic E-state index is -0.314. The van der Waals surface area contributed by atoms with Gasteiger partial charge in [-0.1, -0.05) is 19.1 Å². The molecular weight excluding hydrogens is 190 g/mol. The standard InChI is InChI=1S/C12H19NO2/c1-3-12(13,9-15-2)8-10-4-6-11(14)7-5-10/h4-7,14H,3,8-9,13H2,1-2H3. The average Bonchev–Trinajstić information content (AvgIpc) is 2.22.